The van der Waals surface area contributed by atoms with Crippen LogP contribution in [0.25, 0.3) is 0 Å². The van der Waals surface area contributed by atoms with Gasteiger partial charge in [0.05, 0.1) is 6.61 Å². The molecule has 0 N–H and O–H groups in total. The lowest BCUT2D eigenvalue weighted by Crippen LogP contribution is -2.10. The maximum Gasteiger partial charge on any atom is 0.0867 e. The zero-order chi connectivity index (χ0) is 8.81. The predicted octanol–water partition coefficient (Wildman–Crippen LogP) is 3.40. The van der Waals surface area contributed by atoms with Crippen LogP contribution in [0.4, 0.5) is 0 Å². The third-order valence-corrected chi connectivity index (χ3v) is 2.37. The van der Waals surface area contributed by atoms with Crippen LogP contribution in [-0.2, 0) is 4.74 Å². The zero-order valence-electron chi connectivity index (χ0n) is 8.38. The van der Waals surface area contributed by atoms with E-state index in [-0.39, 0.29) is 0 Å². The quantitative estimate of drug-likeness (QED) is 0.626. The van der Waals surface area contributed by atoms with Crippen LogP contribution < -0.4 is 0 Å². The maximum atomic E-state index is 5.51. The summed E-state index contributed by atoms with van der Waals surface area (Å²) in [6.07, 6.45) is 6.91. The Labute approximate surface area is 76.5 Å². The third-order valence-electron chi connectivity index (χ3n) is 2.37. The fourth-order valence-corrected chi connectivity index (χ4v) is 1.65. The Morgan fingerprint density at radius 3 is 2.50 bits per heavy atom. The van der Waals surface area contributed by atoms with Crippen LogP contribution in [0.5, 0.6) is 0 Å². The highest BCUT2D eigenvalue weighted by molar-refractivity contribution is 4.72. The molecule has 1 radical (unpaired) electrons. The molecule has 0 heterocycles. The van der Waals surface area contributed by atoms with Crippen molar-refractivity contribution in [2.75, 3.05) is 6.61 Å². The Kier molecular flexibility index (Phi) is 4.67. The molecule has 1 heteroatoms. The Morgan fingerprint density at radius 1 is 1.25 bits per heavy atom. The van der Waals surface area contributed by atoms with Gasteiger partial charge in [0.15, 0.2) is 0 Å². The summed E-state index contributed by atoms with van der Waals surface area (Å²) in [6, 6.07) is 0. The molecule has 0 aliphatic heterocycles. The number of rotatable bonds is 4. The first-order valence-corrected chi connectivity index (χ1v) is 5.24. The largest absolute Gasteiger partial charge is 0.375 e. The third kappa shape index (κ3) is 4.10. The van der Waals surface area contributed by atoms with Gasteiger partial charge in [0.25, 0.3) is 0 Å². The molecule has 0 unspecified atom stereocenters. The second kappa shape index (κ2) is 5.58. The summed E-state index contributed by atoms with van der Waals surface area (Å²) in [5.41, 5.74) is 0. The molecule has 0 aromatic carbocycles. The van der Waals surface area contributed by atoms with Crippen molar-refractivity contribution >= 4 is 0 Å². The van der Waals surface area contributed by atoms with Gasteiger partial charge in [0.2, 0.25) is 0 Å². The van der Waals surface area contributed by atoms with E-state index in [2.05, 4.69) is 20.5 Å². The van der Waals surface area contributed by atoms with E-state index in [4.69, 9.17) is 4.74 Å². The topological polar surface area (TPSA) is 9.23 Å². The number of hydrogen-bond acceptors (Lipinski definition) is 1. The first kappa shape index (κ1) is 10.0. The predicted molar refractivity (Wildman–Crippen MR) is 51.7 cm³/mol. The molecule has 1 saturated carbocycles. The molecule has 0 amide bonds. The first-order valence-electron chi connectivity index (χ1n) is 5.24. The van der Waals surface area contributed by atoms with Crippen LogP contribution in [0.2, 0.25) is 0 Å². The number of hydrogen-bond donors (Lipinski definition) is 0. The molecule has 1 aliphatic rings. The van der Waals surface area contributed by atoms with Gasteiger partial charge in [-0.25, -0.2) is 0 Å². The molecule has 71 valence electrons. The Balaban J connectivity index is 1.98. The van der Waals surface area contributed by atoms with Gasteiger partial charge in [-0.1, -0.05) is 33.1 Å². The van der Waals surface area contributed by atoms with E-state index in [9.17, 15) is 0 Å². The molecule has 12 heavy (non-hydrogen) atoms. The minimum atomic E-state index is 0.657. The minimum absolute atomic E-state index is 0.657. The Bertz CT molecular complexity index is 104. The van der Waals surface area contributed by atoms with Crippen molar-refractivity contribution in [3.05, 3.63) is 6.61 Å². The van der Waals surface area contributed by atoms with Gasteiger partial charge in [-0.3, -0.25) is 0 Å². The van der Waals surface area contributed by atoms with Crippen molar-refractivity contribution in [3.63, 3.8) is 0 Å². The van der Waals surface area contributed by atoms with Crippen LogP contribution in [0.15, 0.2) is 0 Å². The summed E-state index contributed by atoms with van der Waals surface area (Å²) in [4.78, 5) is 0. The Morgan fingerprint density at radius 2 is 1.92 bits per heavy atom. The fraction of sp³-hybridized carbons (Fsp3) is 0.909. The van der Waals surface area contributed by atoms with Gasteiger partial charge >= 0.3 is 0 Å². The second-order valence-corrected chi connectivity index (χ2v) is 4.26. The average molecular weight is 169 g/mol. The monoisotopic (exact) mass is 169 g/mol. The van der Waals surface area contributed by atoms with Gasteiger partial charge in [0.1, 0.15) is 0 Å². The lowest BCUT2D eigenvalue weighted by Gasteiger charge is -2.21. The van der Waals surface area contributed by atoms with Crippen molar-refractivity contribution in [2.24, 2.45) is 11.8 Å². The van der Waals surface area contributed by atoms with E-state index in [1.54, 1.807) is 0 Å². The molecule has 1 rings (SSSR count). The molecular formula is C11H21O. The molecule has 0 spiro atoms. The van der Waals surface area contributed by atoms with Crippen molar-refractivity contribution in [2.45, 2.75) is 46.0 Å². The van der Waals surface area contributed by atoms with Gasteiger partial charge < -0.3 is 4.74 Å². The standard InChI is InChI=1S/C11H21O/c1-10(2)8-12-9-11-6-4-3-5-7-11/h9-11H,3-8H2,1-2H3. The van der Waals surface area contributed by atoms with Gasteiger partial charge in [-0.05, 0) is 24.7 Å². The smallest absolute Gasteiger partial charge is 0.0867 e. The van der Waals surface area contributed by atoms with E-state index < -0.39 is 0 Å². The molecule has 0 aromatic rings. The summed E-state index contributed by atoms with van der Waals surface area (Å²) < 4.78 is 5.51. The second-order valence-electron chi connectivity index (χ2n) is 4.26. The molecule has 1 fully saturated rings. The van der Waals surface area contributed by atoms with Gasteiger partial charge in [0, 0.05) is 6.61 Å². The first-order chi connectivity index (χ1) is 5.79. The summed E-state index contributed by atoms with van der Waals surface area (Å²) in [6.45, 7) is 7.35. The van der Waals surface area contributed by atoms with Crippen LogP contribution in [-0.4, -0.2) is 6.61 Å². The lowest BCUT2D eigenvalue weighted by atomic mass is 9.90. The van der Waals surface area contributed by atoms with E-state index in [0.717, 1.165) is 12.5 Å². The number of ether oxygens (including phenoxy) is 1. The van der Waals surface area contributed by atoms with Crippen LogP contribution >= 0.6 is 0 Å². The average Bonchev–Trinajstić information content (AvgIpc) is 2.05. The normalized spacial score (nSPS) is 20.2. The Hall–Kier alpha value is -0.0400. The SMILES string of the molecule is CC(C)CO[CH]C1CCCCC1. The van der Waals surface area contributed by atoms with Crippen LogP contribution in [0, 0.1) is 18.4 Å². The highest BCUT2D eigenvalue weighted by Crippen LogP contribution is 2.25. The summed E-state index contributed by atoms with van der Waals surface area (Å²) in [7, 11) is 0. The molecule has 0 aromatic heterocycles. The molecule has 1 nitrogen and oxygen atoms in total. The van der Waals surface area contributed by atoms with Crippen molar-refractivity contribution < 1.29 is 4.74 Å². The minimum Gasteiger partial charge on any atom is -0.375 e. The molecule has 0 saturated heterocycles. The lowest BCUT2D eigenvalue weighted by molar-refractivity contribution is 0.127. The van der Waals surface area contributed by atoms with E-state index in [1.165, 1.54) is 32.1 Å². The van der Waals surface area contributed by atoms with Crippen LogP contribution in [0.3, 0.4) is 0 Å². The van der Waals surface area contributed by atoms with Crippen molar-refractivity contribution in [1.29, 1.82) is 0 Å². The summed E-state index contributed by atoms with van der Waals surface area (Å²) in [5, 5.41) is 0. The maximum absolute atomic E-state index is 5.51. The van der Waals surface area contributed by atoms with E-state index >= 15 is 0 Å². The molecule has 0 bridgehead atoms. The highest BCUT2D eigenvalue weighted by Gasteiger charge is 2.13. The highest BCUT2D eigenvalue weighted by atomic mass is 16.5. The molecule has 0 atom stereocenters. The van der Waals surface area contributed by atoms with Gasteiger partial charge in [-0.2, -0.15) is 0 Å². The zero-order valence-corrected chi connectivity index (χ0v) is 8.38. The summed E-state index contributed by atoms with van der Waals surface area (Å²) in [5.74, 6) is 1.40. The summed E-state index contributed by atoms with van der Waals surface area (Å²) >= 11 is 0. The fourth-order valence-electron chi connectivity index (χ4n) is 1.65. The van der Waals surface area contributed by atoms with E-state index in [0.29, 0.717) is 5.92 Å². The molecular weight excluding hydrogens is 148 g/mol. The van der Waals surface area contributed by atoms with Crippen molar-refractivity contribution in [1.82, 2.24) is 0 Å². The van der Waals surface area contributed by atoms with Gasteiger partial charge in [-0.15, -0.1) is 0 Å². The van der Waals surface area contributed by atoms with E-state index in [1.807, 2.05) is 0 Å². The molecule has 1 aliphatic carbocycles. The van der Waals surface area contributed by atoms with Crippen molar-refractivity contribution in [3.8, 4) is 0 Å². The van der Waals surface area contributed by atoms with Crippen LogP contribution in [0.1, 0.15) is 46.0 Å².